The van der Waals surface area contributed by atoms with Gasteiger partial charge in [-0.3, -0.25) is 4.79 Å². The van der Waals surface area contributed by atoms with E-state index in [0.29, 0.717) is 16.1 Å². The normalized spacial score (nSPS) is 9.23. The smallest absolute Gasteiger partial charge is 0.307 e. The van der Waals surface area contributed by atoms with Crippen molar-refractivity contribution >= 4 is 17.6 Å². The Kier molecular flexibility index (Phi) is 2.88. The van der Waals surface area contributed by atoms with Crippen LogP contribution < -0.4 is 0 Å². The molecule has 0 unspecified atom stereocenters. The highest BCUT2D eigenvalue weighted by Gasteiger charge is 2.03. The standard InChI is InChI=1S/C9H6ClNO2/c10-8-2-6(4-9(12)13)1-7(3-8)5-11/h1-3H,4H2,(H,12,13). The highest BCUT2D eigenvalue weighted by Crippen LogP contribution is 2.14. The Morgan fingerprint density at radius 2 is 2.23 bits per heavy atom. The van der Waals surface area contributed by atoms with Crippen molar-refractivity contribution in [3.8, 4) is 6.07 Å². The summed E-state index contributed by atoms with van der Waals surface area (Å²) in [6.45, 7) is 0. The largest absolute Gasteiger partial charge is 0.481 e. The van der Waals surface area contributed by atoms with Crippen molar-refractivity contribution in [1.82, 2.24) is 0 Å². The Hall–Kier alpha value is -1.53. The highest BCUT2D eigenvalue weighted by atomic mass is 35.5. The van der Waals surface area contributed by atoms with Crippen molar-refractivity contribution in [3.05, 3.63) is 34.3 Å². The summed E-state index contributed by atoms with van der Waals surface area (Å²) in [5, 5.41) is 17.4. The molecule has 0 spiro atoms. The van der Waals surface area contributed by atoms with Crippen molar-refractivity contribution < 1.29 is 9.90 Å². The number of halogens is 1. The molecule has 0 atom stereocenters. The average Bonchev–Trinajstić information content (AvgIpc) is 2.01. The molecule has 1 aromatic carbocycles. The molecule has 0 aromatic heterocycles. The first-order chi connectivity index (χ1) is 6.11. The van der Waals surface area contributed by atoms with Gasteiger partial charge in [0.05, 0.1) is 18.1 Å². The molecule has 0 heterocycles. The molecule has 1 N–H and O–H groups in total. The van der Waals surface area contributed by atoms with Crippen LogP contribution in [0.15, 0.2) is 18.2 Å². The van der Waals surface area contributed by atoms with Gasteiger partial charge in [-0.05, 0) is 23.8 Å². The number of carbonyl (C=O) groups is 1. The maximum absolute atomic E-state index is 10.4. The Bertz CT molecular complexity index is 382. The molecule has 0 aliphatic heterocycles. The maximum atomic E-state index is 10.4. The fourth-order valence-corrected chi connectivity index (χ4v) is 1.25. The van der Waals surface area contributed by atoms with Crippen molar-refractivity contribution in [2.75, 3.05) is 0 Å². The predicted octanol–water partition coefficient (Wildman–Crippen LogP) is 1.84. The van der Waals surface area contributed by atoms with Gasteiger partial charge in [-0.2, -0.15) is 5.26 Å². The third kappa shape index (κ3) is 2.77. The summed E-state index contributed by atoms with van der Waals surface area (Å²) in [6.07, 6.45) is -0.116. The van der Waals surface area contributed by atoms with Crippen LogP contribution in [-0.4, -0.2) is 11.1 Å². The summed E-state index contributed by atoms with van der Waals surface area (Å²) >= 11 is 5.67. The molecule has 1 aromatic rings. The Labute approximate surface area is 80.2 Å². The second-order valence-corrected chi connectivity index (χ2v) is 2.97. The van der Waals surface area contributed by atoms with Crippen LogP contribution in [0.1, 0.15) is 11.1 Å². The molecular weight excluding hydrogens is 190 g/mol. The van der Waals surface area contributed by atoms with Gasteiger partial charge >= 0.3 is 5.97 Å². The number of hydrogen-bond donors (Lipinski definition) is 1. The Morgan fingerprint density at radius 1 is 1.54 bits per heavy atom. The lowest BCUT2D eigenvalue weighted by atomic mass is 10.1. The molecule has 13 heavy (non-hydrogen) atoms. The van der Waals surface area contributed by atoms with Gasteiger partial charge in [0.2, 0.25) is 0 Å². The number of rotatable bonds is 2. The average molecular weight is 196 g/mol. The van der Waals surface area contributed by atoms with Gasteiger partial charge in [0.15, 0.2) is 0 Å². The fraction of sp³-hybridized carbons (Fsp3) is 0.111. The molecule has 1 rings (SSSR count). The molecule has 3 nitrogen and oxygen atoms in total. The fourth-order valence-electron chi connectivity index (χ4n) is 0.992. The summed E-state index contributed by atoms with van der Waals surface area (Å²) in [5.41, 5.74) is 0.917. The van der Waals surface area contributed by atoms with E-state index < -0.39 is 5.97 Å². The lowest BCUT2D eigenvalue weighted by Crippen LogP contribution is -2.00. The SMILES string of the molecule is N#Cc1cc(Cl)cc(CC(=O)O)c1. The number of carboxylic acid groups (broad SMARTS) is 1. The van der Waals surface area contributed by atoms with E-state index in [1.165, 1.54) is 18.2 Å². The zero-order valence-electron chi connectivity index (χ0n) is 6.62. The lowest BCUT2D eigenvalue weighted by molar-refractivity contribution is -0.136. The van der Waals surface area contributed by atoms with Crippen LogP contribution >= 0.6 is 11.6 Å². The Morgan fingerprint density at radius 3 is 2.77 bits per heavy atom. The van der Waals surface area contributed by atoms with Gasteiger partial charge in [-0.25, -0.2) is 0 Å². The number of benzene rings is 1. The van der Waals surface area contributed by atoms with Crippen LogP contribution in [0.3, 0.4) is 0 Å². The van der Waals surface area contributed by atoms with Crippen LogP contribution in [-0.2, 0) is 11.2 Å². The molecule has 0 amide bonds. The number of aliphatic carboxylic acids is 1. The molecule has 0 saturated carbocycles. The number of hydrogen-bond acceptors (Lipinski definition) is 2. The van der Waals surface area contributed by atoms with Crippen molar-refractivity contribution in [3.63, 3.8) is 0 Å². The van der Waals surface area contributed by atoms with E-state index in [-0.39, 0.29) is 6.42 Å². The van der Waals surface area contributed by atoms with E-state index in [2.05, 4.69) is 0 Å². The topological polar surface area (TPSA) is 61.1 Å². The van der Waals surface area contributed by atoms with Crippen LogP contribution in [0.4, 0.5) is 0 Å². The van der Waals surface area contributed by atoms with Crippen molar-refractivity contribution in [1.29, 1.82) is 5.26 Å². The molecule has 4 heteroatoms. The quantitative estimate of drug-likeness (QED) is 0.783. The van der Waals surface area contributed by atoms with Crippen molar-refractivity contribution in [2.45, 2.75) is 6.42 Å². The van der Waals surface area contributed by atoms with Gasteiger partial charge in [0.1, 0.15) is 0 Å². The van der Waals surface area contributed by atoms with Gasteiger partial charge in [-0.1, -0.05) is 11.6 Å². The molecule has 0 bridgehead atoms. The molecule has 0 aliphatic rings. The molecule has 66 valence electrons. The highest BCUT2D eigenvalue weighted by molar-refractivity contribution is 6.30. The van der Waals surface area contributed by atoms with E-state index in [4.69, 9.17) is 22.0 Å². The van der Waals surface area contributed by atoms with E-state index in [9.17, 15) is 4.79 Å². The van der Waals surface area contributed by atoms with Gasteiger partial charge in [0.25, 0.3) is 0 Å². The van der Waals surface area contributed by atoms with Crippen LogP contribution in [0.25, 0.3) is 0 Å². The zero-order chi connectivity index (χ0) is 9.84. The first-order valence-electron chi connectivity index (χ1n) is 3.53. The first kappa shape index (κ1) is 9.56. The van der Waals surface area contributed by atoms with Crippen LogP contribution in [0.2, 0.25) is 5.02 Å². The van der Waals surface area contributed by atoms with Gasteiger partial charge in [0, 0.05) is 5.02 Å². The minimum absolute atomic E-state index is 0.116. The summed E-state index contributed by atoms with van der Waals surface area (Å²) in [4.78, 5) is 10.4. The van der Waals surface area contributed by atoms with Gasteiger partial charge < -0.3 is 5.11 Å². The third-order valence-corrected chi connectivity index (χ3v) is 1.66. The minimum atomic E-state index is -0.939. The first-order valence-corrected chi connectivity index (χ1v) is 3.91. The molecule has 0 radical (unpaired) electrons. The predicted molar refractivity (Wildman–Crippen MR) is 47.5 cm³/mol. The molecular formula is C9H6ClNO2. The second kappa shape index (κ2) is 3.92. The molecule has 0 aliphatic carbocycles. The lowest BCUT2D eigenvalue weighted by Gasteiger charge is -1.98. The zero-order valence-corrected chi connectivity index (χ0v) is 7.38. The van der Waals surface area contributed by atoms with Gasteiger partial charge in [-0.15, -0.1) is 0 Å². The third-order valence-electron chi connectivity index (χ3n) is 1.44. The summed E-state index contributed by atoms with van der Waals surface area (Å²) in [5.74, 6) is -0.939. The van der Waals surface area contributed by atoms with Crippen molar-refractivity contribution in [2.24, 2.45) is 0 Å². The van der Waals surface area contributed by atoms with Crippen LogP contribution in [0, 0.1) is 11.3 Å². The number of nitriles is 1. The van der Waals surface area contributed by atoms with E-state index in [0.717, 1.165) is 0 Å². The minimum Gasteiger partial charge on any atom is -0.481 e. The maximum Gasteiger partial charge on any atom is 0.307 e. The van der Waals surface area contributed by atoms with E-state index in [1.807, 2.05) is 6.07 Å². The van der Waals surface area contributed by atoms with E-state index >= 15 is 0 Å². The number of nitrogens with zero attached hydrogens (tertiary/aromatic N) is 1. The van der Waals surface area contributed by atoms with Crippen LogP contribution in [0.5, 0.6) is 0 Å². The summed E-state index contributed by atoms with van der Waals surface area (Å²) < 4.78 is 0. The number of carboxylic acids is 1. The molecule has 0 saturated heterocycles. The van der Waals surface area contributed by atoms with E-state index in [1.54, 1.807) is 0 Å². The molecule has 0 fully saturated rings. The monoisotopic (exact) mass is 195 g/mol. The second-order valence-electron chi connectivity index (χ2n) is 2.53. The summed E-state index contributed by atoms with van der Waals surface area (Å²) in [6, 6.07) is 6.45. The Balaban J connectivity index is 3.03. The summed E-state index contributed by atoms with van der Waals surface area (Å²) in [7, 11) is 0.